The molecule has 0 saturated carbocycles. The van der Waals surface area contributed by atoms with Gasteiger partial charge in [0.15, 0.2) is 6.17 Å². The van der Waals surface area contributed by atoms with Gasteiger partial charge in [-0.25, -0.2) is 9.98 Å². The predicted molar refractivity (Wildman–Crippen MR) is 178 cm³/mol. The highest BCUT2D eigenvalue weighted by atomic mass is 16.3. The summed E-state index contributed by atoms with van der Waals surface area (Å²) in [6, 6.07) is 47.5. The van der Waals surface area contributed by atoms with Crippen LogP contribution in [0.15, 0.2) is 158 Å². The van der Waals surface area contributed by atoms with E-state index in [9.17, 15) is 0 Å². The zero-order valence-electron chi connectivity index (χ0n) is 23.6. The minimum atomic E-state index is -0.455. The molecule has 0 fully saturated rings. The van der Waals surface area contributed by atoms with E-state index in [1.165, 1.54) is 0 Å². The Bertz CT molecular complexity index is 2360. The number of aliphatic imine (C=N–C) groups is 2. The van der Waals surface area contributed by atoms with Gasteiger partial charge in [-0.2, -0.15) is 0 Å². The van der Waals surface area contributed by atoms with Gasteiger partial charge in [0.2, 0.25) is 0 Å². The molecule has 0 radical (unpaired) electrons. The van der Waals surface area contributed by atoms with Gasteiger partial charge in [-0.3, -0.25) is 0 Å². The summed E-state index contributed by atoms with van der Waals surface area (Å²) in [7, 11) is 0. The van der Waals surface area contributed by atoms with E-state index in [1.54, 1.807) is 0 Å². The molecule has 6 aromatic carbocycles. The van der Waals surface area contributed by atoms with E-state index in [2.05, 4.69) is 78.1 Å². The van der Waals surface area contributed by atoms with E-state index < -0.39 is 6.17 Å². The summed E-state index contributed by atoms with van der Waals surface area (Å²) in [5.41, 5.74) is 8.67. The van der Waals surface area contributed by atoms with Gasteiger partial charge in [0.1, 0.15) is 34.0 Å². The molecule has 1 N–H and O–H groups in total. The summed E-state index contributed by atoms with van der Waals surface area (Å²) in [6.07, 6.45) is -0.455. The average molecular weight is 568 g/mol. The maximum absolute atomic E-state index is 6.39. The predicted octanol–water partition coefficient (Wildman–Crippen LogP) is 9.65. The molecule has 44 heavy (non-hydrogen) atoms. The minimum absolute atomic E-state index is 0.455. The molecule has 8 aromatic rings. The monoisotopic (exact) mass is 567 g/mol. The first-order valence-corrected chi connectivity index (χ1v) is 14.7. The number of para-hydroxylation sites is 1. The second-order valence-corrected chi connectivity index (χ2v) is 11.0. The van der Waals surface area contributed by atoms with Gasteiger partial charge in [0.05, 0.1) is 0 Å². The number of fused-ring (bicyclic) bond motifs is 6. The molecule has 0 spiro atoms. The quantitative estimate of drug-likeness (QED) is 0.230. The lowest BCUT2D eigenvalue weighted by Gasteiger charge is -2.22. The largest absolute Gasteiger partial charge is 0.456 e. The topological polar surface area (TPSA) is 63.0 Å². The van der Waals surface area contributed by atoms with Gasteiger partial charge in [-0.05, 0) is 47.5 Å². The third-order valence-electron chi connectivity index (χ3n) is 8.35. The van der Waals surface area contributed by atoms with Crippen molar-refractivity contribution in [2.75, 3.05) is 0 Å². The highest BCUT2D eigenvalue weighted by molar-refractivity contribution is 6.16. The van der Waals surface area contributed by atoms with Crippen molar-refractivity contribution in [2.24, 2.45) is 9.98 Å². The second-order valence-electron chi connectivity index (χ2n) is 11.0. The Labute approximate surface area is 252 Å². The maximum Gasteiger partial charge on any atom is 0.170 e. The highest BCUT2D eigenvalue weighted by Gasteiger charge is 2.24. The van der Waals surface area contributed by atoms with Gasteiger partial charge < -0.3 is 14.2 Å². The summed E-state index contributed by atoms with van der Waals surface area (Å²) >= 11 is 0. The second kappa shape index (κ2) is 9.82. The van der Waals surface area contributed by atoms with E-state index in [0.717, 1.165) is 83.4 Å². The number of hydrogen-bond acceptors (Lipinski definition) is 5. The molecular formula is C39H25N3O2. The van der Waals surface area contributed by atoms with Crippen molar-refractivity contribution in [3.63, 3.8) is 0 Å². The standard InChI is InChI=1S/C39H25N3O2/c1-3-10-24(11-4-1)37-40-38(25-12-5-2-6-13-25)42-39(41-37)29-15-9-17-35-36(29)31-23-27(19-21-34(31)44-35)26-18-20-33-30(22-26)28-14-7-8-16-32(28)43-33/h1-23,39H,(H,40,41,42). The highest BCUT2D eigenvalue weighted by Crippen LogP contribution is 2.39. The zero-order chi connectivity index (χ0) is 29.0. The van der Waals surface area contributed by atoms with Gasteiger partial charge in [-0.15, -0.1) is 0 Å². The number of furan rings is 2. The lowest BCUT2D eigenvalue weighted by atomic mass is 9.98. The first-order chi connectivity index (χ1) is 21.8. The molecule has 0 amide bonds. The van der Waals surface area contributed by atoms with Crippen LogP contribution in [0.3, 0.4) is 0 Å². The number of hydrogen-bond donors (Lipinski definition) is 1. The maximum atomic E-state index is 6.39. The van der Waals surface area contributed by atoms with Crippen molar-refractivity contribution < 1.29 is 8.83 Å². The van der Waals surface area contributed by atoms with Crippen LogP contribution in [0.1, 0.15) is 22.9 Å². The first kappa shape index (κ1) is 24.6. The molecule has 0 saturated heterocycles. The van der Waals surface area contributed by atoms with Crippen molar-refractivity contribution in [2.45, 2.75) is 6.17 Å². The summed E-state index contributed by atoms with van der Waals surface area (Å²) in [5.74, 6) is 1.58. The van der Waals surface area contributed by atoms with E-state index in [4.69, 9.17) is 18.8 Å². The van der Waals surface area contributed by atoms with E-state index in [0.29, 0.717) is 0 Å². The Morgan fingerprint density at radius 2 is 0.977 bits per heavy atom. The summed E-state index contributed by atoms with van der Waals surface area (Å²) in [6.45, 7) is 0. The molecule has 208 valence electrons. The van der Waals surface area contributed by atoms with Crippen molar-refractivity contribution in [3.8, 4) is 11.1 Å². The van der Waals surface area contributed by atoms with Crippen LogP contribution in [0.4, 0.5) is 0 Å². The third kappa shape index (κ3) is 4.02. The molecular weight excluding hydrogens is 542 g/mol. The molecule has 5 heteroatoms. The van der Waals surface area contributed by atoms with E-state index >= 15 is 0 Å². The number of nitrogens with one attached hydrogen (secondary N) is 1. The van der Waals surface area contributed by atoms with E-state index in [-0.39, 0.29) is 0 Å². The molecule has 0 aliphatic carbocycles. The Morgan fingerprint density at radius 1 is 0.432 bits per heavy atom. The average Bonchev–Trinajstić information content (AvgIpc) is 3.66. The zero-order valence-corrected chi connectivity index (χ0v) is 23.6. The molecule has 0 unspecified atom stereocenters. The number of nitrogens with zero attached hydrogens (tertiary/aromatic N) is 2. The van der Waals surface area contributed by atoms with Gasteiger partial charge in [-0.1, -0.05) is 103 Å². The molecule has 3 heterocycles. The molecule has 5 nitrogen and oxygen atoms in total. The van der Waals surface area contributed by atoms with Crippen molar-refractivity contribution >= 4 is 55.5 Å². The van der Waals surface area contributed by atoms with Crippen LogP contribution < -0.4 is 5.32 Å². The summed E-state index contributed by atoms with van der Waals surface area (Å²) in [5, 5.41) is 7.78. The Kier molecular flexibility index (Phi) is 5.50. The van der Waals surface area contributed by atoms with Gasteiger partial charge in [0.25, 0.3) is 0 Å². The Hall–Kier alpha value is -5.94. The van der Waals surface area contributed by atoms with Crippen LogP contribution in [0, 0.1) is 0 Å². The van der Waals surface area contributed by atoms with Crippen LogP contribution in [0.25, 0.3) is 55.0 Å². The lowest BCUT2D eigenvalue weighted by Crippen LogP contribution is -2.36. The molecule has 0 bridgehead atoms. The molecule has 0 atom stereocenters. The Balaban J connectivity index is 1.22. The SMILES string of the molecule is c1ccc(C2=NC(c3cccc4oc5ccc(-c6ccc7oc8ccccc8c7c6)cc5c34)N=C(c3ccccc3)N2)cc1. The fourth-order valence-electron chi connectivity index (χ4n) is 6.23. The van der Waals surface area contributed by atoms with Gasteiger partial charge in [0, 0.05) is 38.2 Å². The lowest BCUT2D eigenvalue weighted by molar-refractivity contribution is 0.667. The molecule has 1 aliphatic rings. The van der Waals surface area contributed by atoms with Crippen LogP contribution in [-0.2, 0) is 0 Å². The smallest absolute Gasteiger partial charge is 0.170 e. The van der Waals surface area contributed by atoms with Crippen molar-refractivity contribution in [3.05, 3.63) is 156 Å². The fraction of sp³-hybridized carbons (Fsp3) is 0.0256. The van der Waals surface area contributed by atoms with Crippen molar-refractivity contribution in [1.29, 1.82) is 0 Å². The molecule has 1 aliphatic heterocycles. The molecule has 2 aromatic heterocycles. The minimum Gasteiger partial charge on any atom is -0.456 e. The number of benzene rings is 6. The fourth-order valence-corrected chi connectivity index (χ4v) is 6.23. The normalized spacial score (nSPS) is 13.8. The number of amidine groups is 2. The van der Waals surface area contributed by atoms with Crippen molar-refractivity contribution in [1.82, 2.24) is 5.32 Å². The summed E-state index contributed by atoms with van der Waals surface area (Å²) in [4.78, 5) is 10.3. The van der Waals surface area contributed by atoms with E-state index in [1.807, 2.05) is 66.7 Å². The third-order valence-corrected chi connectivity index (χ3v) is 8.35. The number of rotatable bonds is 4. The van der Waals surface area contributed by atoms with Crippen LogP contribution >= 0.6 is 0 Å². The Morgan fingerprint density at radius 3 is 1.68 bits per heavy atom. The van der Waals surface area contributed by atoms with Crippen LogP contribution in [0.5, 0.6) is 0 Å². The van der Waals surface area contributed by atoms with Crippen LogP contribution in [-0.4, -0.2) is 11.7 Å². The molecule has 9 rings (SSSR count). The van der Waals surface area contributed by atoms with Gasteiger partial charge >= 0.3 is 0 Å². The summed E-state index contributed by atoms with van der Waals surface area (Å²) < 4.78 is 12.5. The first-order valence-electron chi connectivity index (χ1n) is 14.7. The van der Waals surface area contributed by atoms with Crippen LogP contribution in [0.2, 0.25) is 0 Å².